The minimum Gasteiger partial charge on any atom is -0.294 e. The summed E-state index contributed by atoms with van der Waals surface area (Å²) in [6.07, 6.45) is 6.80. The second-order valence-corrected chi connectivity index (χ2v) is 10.5. The van der Waals surface area contributed by atoms with E-state index in [0.29, 0.717) is 29.7 Å². The normalized spacial score (nSPS) is 14.3. The van der Waals surface area contributed by atoms with Crippen molar-refractivity contribution in [3.05, 3.63) is 47.7 Å². The fraction of sp³-hybridized carbons (Fsp3) is 0.316. The zero-order valence-electron chi connectivity index (χ0n) is 16.7. The molecule has 0 unspecified atom stereocenters. The van der Waals surface area contributed by atoms with Gasteiger partial charge in [0.15, 0.2) is 5.13 Å². The summed E-state index contributed by atoms with van der Waals surface area (Å²) in [5.41, 5.74) is 0.429. The Morgan fingerprint density at radius 1 is 1.16 bits per heavy atom. The summed E-state index contributed by atoms with van der Waals surface area (Å²) in [5.74, 6) is -0.802. The van der Waals surface area contributed by atoms with Crippen LogP contribution in [0.5, 0.6) is 0 Å². The van der Waals surface area contributed by atoms with Crippen molar-refractivity contribution in [2.75, 3.05) is 10.0 Å². The molecule has 162 valence electrons. The first-order chi connectivity index (χ1) is 14.6. The van der Waals surface area contributed by atoms with Crippen molar-refractivity contribution in [1.82, 2.24) is 19.9 Å². The summed E-state index contributed by atoms with van der Waals surface area (Å²) >= 11 is 1.12. The molecule has 4 rings (SSSR count). The number of nitrogens with one attached hydrogen (secondary N) is 2. The molecule has 1 saturated carbocycles. The van der Waals surface area contributed by atoms with E-state index >= 15 is 0 Å². The van der Waals surface area contributed by atoms with Gasteiger partial charge in [-0.3, -0.25) is 19.8 Å². The van der Waals surface area contributed by atoms with Crippen LogP contribution >= 0.6 is 11.3 Å². The molecular weight excluding hydrogens is 443 g/mol. The minimum absolute atomic E-state index is 0.0797. The van der Waals surface area contributed by atoms with Crippen LogP contribution in [0.1, 0.15) is 32.4 Å². The molecule has 9 nitrogen and oxygen atoms in total. The van der Waals surface area contributed by atoms with Crippen LogP contribution < -0.4 is 10.0 Å². The Morgan fingerprint density at radius 2 is 1.87 bits per heavy atom. The number of aromatic nitrogens is 4. The minimum atomic E-state index is -3.42. The van der Waals surface area contributed by atoms with Gasteiger partial charge in [-0.05, 0) is 32.8 Å². The molecule has 0 radical (unpaired) electrons. The second kappa shape index (κ2) is 7.93. The van der Waals surface area contributed by atoms with Gasteiger partial charge in [0.25, 0.3) is 0 Å². The van der Waals surface area contributed by atoms with E-state index in [1.165, 1.54) is 24.7 Å². The largest absolute Gasteiger partial charge is 0.294 e. The fourth-order valence-electron chi connectivity index (χ4n) is 2.68. The molecule has 0 saturated heterocycles. The average molecular weight is 463 g/mol. The number of pyridine rings is 1. The highest BCUT2D eigenvalue weighted by Crippen LogP contribution is 2.32. The maximum absolute atomic E-state index is 13.3. The highest BCUT2D eigenvalue weighted by Gasteiger charge is 2.37. The Kier molecular flexibility index (Phi) is 5.43. The number of halogens is 1. The zero-order chi connectivity index (χ0) is 22.2. The third kappa shape index (κ3) is 4.69. The lowest BCUT2D eigenvalue weighted by Gasteiger charge is -2.20. The molecule has 0 aliphatic heterocycles. The van der Waals surface area contributed by atoms with Crippen LogP contribution in [0.2, 0.25) is 0 Å². The van der Waals surface area contributed by atoms with Crippen LogP contribution in [0, 0.1) is 5.82 Å². The number of carbonyl (C=O) groups is 1. The van der Waals surface area contributed by atoms with Gasteiger partial charge in [-0.25, -0.2) is 27.8 Å². The van der Waals surface area contributed by atoms with Gasteiger partial charge >= 0.3 is 0 Å². The van der Waals surface area contributed by atoms with E-state index in [-0.39, 0.29) is 16.3 Å². The molecule has 3 aromatic rings. The van der Waals surface area contributed by atoms with E-state index in [1.807, 2.05) is 0 Å². The van der Waals surface area contributed by atoms with Gasteiger partial charge < -0.3 is 0 Å². The van der Waals surface area contributed by atoms with Crippen LogP contribution in [0.25, 0.3) is 11.1 Å². The van der Waals surface area contributed by atoms with Gasteiger partial charge in [0.05, 0.1) is 22.6 Å². The zero-order valence-corrected chi connectivity index (χ0v) is 18.3. The van der Waals surface area contributed by atoms with Crippen LogP contribution in [-0.4, -0.2) is 39.5 Å². The highest BCUT2D eigenvalue weighted by molar-refractivity contribution is 7.93. The lowest BCUT2D eigenvalue weighted by atomic mass is 9.89. The van der Waals surface area contributed by atoms with Crippen molar-refractivity contribution >= 4 is 38.3 Å². The van der Waals surface area contributed by atoms with Gasteiger partial charge in [-0.1, -0.05) is 0 Å². The molecule has 1 fully saturated rings. The SMILES string of the molecule is CC(C)(C(=O)Nc1ncc(-c2cncc(F)c2)cn1)c1csc(NS(=O)(=O)C2CC2)n1. The van der Waals surface area contributed by atoms with E-state index in [0.717, 1.165) is 17.5 Å². The molecule has 1 aliphatic rings. The molecule has 3 heterocycles. The van der Waals surface area contributed by atoms with E-state index < -0.39 is 27.2 Å². The van der Waals surface area contributed by atoms with Crippen molar-refractivity contribution in [2.24, 2.45) is 0 Å². The Hall–Kier alpha value is -2.99. The molecule has 1 aliphatic carbocycles. The van der Waals surface area contributed by atoms with Crippen molar-refractivity contribution in [3.63, 3.8) is 0 Å². The van der Waals surface area contributed by atoms with Crippen LogP contribution in [0.15, 0.2) is 36.2 Å². The fourth-order valence-corrected chi connectivity index (χ4v) is 5.15. The van der Waals surface area contributed by atoms with Gasteiger partial charge in [0.2, 0.25) is 21.9 Å². The number of hydrogen-bond donors (Lipinski definition) is 2. The lowest BCUT2D eigenvalue weighted by Crippen LogP contribution is -2.35. The highest BCUT2D eigenvalue weighted by atomic mass is 32.2. The van der Waals surface area contributed by atoms with Crippen LogP contribution in [-0.2, 0) is 20.2 Å². The van der Waals surface area contributed by atoms with E-state index in [1.54, 1.807) is 19.2 Å². The van der Waals surface area contributed by atoms with Crippen molar-refractivity contribution in [1.29, 1.82) is 0 Å². The maximum atomic E-state index is 13.3. The Balaban J connectivity index is 1.45. The molecule has 0 bridgehead atoms. The lowest BCUT2D eigenvalue weighted by molar-refractivity contribution is -0.120. The average Bonchev–Trinajstić information content (AvgIpc) is 3.49. The number of amides is 1. The third-order valence-electron chi connectivity index (χ3n) is 4.82. The van der Waals surface area contributed by atoms with E-state index in [4.69, 9.17) is 0 Å². The standard InChI is InChI=1S/C19H19FN6O3S2/c1-19(2,15-10-30-18(24-15)26-31(28,29)14-3-4-14)16(27)25-17-22-7-12(8-23-17)11-5-13(20)9-21-6-11/h5-10,14H,3-4H2,1-2H3,(H,24,26)(H,22,23,25,27). The van der Waals surface area contributed by atoms with Gasteiger partial charge in [-0.2, -0.15) is 0 Å². The topological polar surface area (TPSA) is 127 Å². The third-order valence-corrected chi connectivity index (χ3v) is 7.53. The Bertz CT molecular complexity index is 1220. The van der Waals surface area contributed by atoms with Crippen LogP contribution in [0.3, 0.4) is 0 Å². The van der Waals surface area contributed by atoms with Crippen molar-refractivity contribution in [3.8, 4) is 11.1 Å². The molecule has 0 spiro atoms. The number of thiazole rings is 1. The Morgan fingerprint density at radius 3 is 2.52 bits per heavy atom. The molecule has 0 atom stereocenters. The monoisotopic (exact) mass is 462 g/mol. The van der Waals surface area contributed by atoms with Crippen LogP contribution in [0.4, 0.5) is 15.5 Å². The smallest absolute Gasteiger partial charge is 0.238 e. The van der Waals surface area contributed by atoms with Gasteiger partial charge in [0, 0.05) is 35.1 Å². The number of sulfonamides is 1. The first kappa shape index (κ1) is 21.2. The summed E-state index contributed by atoms with van der Waals surface area (Å²) in [5, 5.41) is 4.14. The molecule has 31 heavy (non-hydrogen) atoms. The maximum Gasteiger partial charge on any atom is 0.238 e. The predicted octanol–water partition coefficient (Wildman–Crippen LogP) is 2.95. The quantitative estimate of drug-likeness (QED) is 0.553. The first-order valence-corrected chi connectivity index (χ1v) is 11.8. The van der Waals surface area contributed by atoms with E-state index in [2.05, 4.69) is 30.0 Å². The molecule has 1 amide bonds. The number of nitrogens with zero attached hydrogens (tertiary/aromatic N) is 4. The number of rotatable bonds is 7. The molecule has 3 aromatic heterocycles. The molecule has 2 N–H and O–H groups in total. The predicted molar refractivity (Wildman–Crippen MR) is 115 cm³/mol. The first-order valence-electron chi connectivity index (χ1n) is 9.37. The number of hydrogen-bond acceptors (Lipinski definition) is 8. The van der Waals surface area contributed by atoms with Gasteiger partial charge in [0.1, 0.15) is 5.82 Å². The number of carbonyl (C=O) groups excluding carboxylic acids is 1. The molecule has 0 aromatic carbocycles. The van der Waals surface area contributed by atoms with E-state index in [9.17, 15) is 17.6 Å². The van der Waals surface area contributed by atoms with Crippen molar-refractivity contribution < 1.29 is 17.6 Å². The van der Waals surface area contributed by atoms with Crippen molar-refractivity contribution in [2.45, 2.75) is 37.4 Å². The summed E-state index contributed by atoms with van der Waals surface area (Å²) < 4.78 is 40.0. The molecule has 12 heteroatoms. The number of anilines is 2. The summed E-state index contributed by atoms with van der Waals surface area (Å²) in [7, 11) is -3.42. The molecular formula is C19H19FN6O3S2. The Labute approximate surface area is 182 Å². The summed E-state index contributed by atoms with van der Waals surface area (Å²) in [6.45, 7) is 3.34. The summed E-state index contributed by atoms with van der Waals surface area (Å²) in [6, 6.07) is 1.31. The summed E-state index contributed by atoms with van der Waals surface area (Å²) in [4.78, 5) is 29.1. The van der Waals surface area contributed by atoms with Gasteiger partial charge in [-0.15, -0.1) is 11.3 Å². The second-order valence-electron chi connectivity index (χ2n) is 7.65.